The molecule has 0 aliphatic rings. The third-order valence-corrected chi connectivity index (χ3v) is 5.29. The van der Waals surface area contributed by atoms with Crippen LogP contribution < -0.4 is 11.1 Å². The predicted molar refractivity (Wildman–Crippen MR) is 83.4 cm³/mol. The Labute approximate surface area is 126 Å². The number of hydrogen-bond donors (Lipinski definition) is 2. The van der Waals surface area contributed by atoms with Gasteiger partial charge in [0, 0.05) is 19.8 Å². The molecule has 3 N–H and O–H groups in total. The van der Waals surface area contributed by atoms with E-state index in [9.17, 15) is 13.2 Å². The van der Waals surface area contributed by atoms with Crippen molar-refractivity contribution in [1.82, 2.24) is 4.31 Å². The van der Waals surface area contributed by atoms with Crippen molar-refractivity contribution in [2.45, 2.75) is 31.2 Å². The maximum absolute atomic E-state index is 11.9. The number of benzene rings is 1. The van der Waals surface area contributed by atoms with Gasteiger partial charge in [-0.1, -0.05) is 20.3 Å². The molecule has 7 heteroatoms. The second kappa shape index (κ2) is 7.02. The van der Waals surface area contributed by atoms with E-state index in [1.807, 2.05) is 13.8 Å². The molecule has 1 aromatic carbocycles. The number of nitrogens with two attached hydrogens (primary N) is 1. The van der Waals surface area contributed by atoms with Crippen molar-refractivity contribution >= 4 is 21.6 Å². The Bertz CT molecular complexity index is 582. The molecular formula is C14H23N3O3S. The molecule has 1 amide bonds. The Morgan fingerprint density at radius 2 is 1.81 bits per heavy atom. The fraction of sp³-hybridized carbons (Fsp3) is 0.500. The van der Waals surface area contributed by atoms with Gasteiger partial charge < -0.3 is 11.1 Å². The van der Waals surface area contributed by atoms with Crippen LogP contribution in [0.1, 0.15) is 20.3 Å². The van der Waals surface area contributed by atoms with Gasteiger partial charge in [-0.25, -0.2) is 12.7 Å². The number of hydrogen-bond acceptors (Lipinski definition) is 4. The number of nitrogens with one attached hydrogen (secondary N) is 1. The summed E-state index contributed by atoms with van der Waals surface area (Å²) in [4.78, 5) is 12.1. The van der Waals surface area contributed by atoms with E-state index in [-0.39, 0.29) is 16.7 Å². The smallest absolute Gasteiger partial charge is 0.242 e. The average molecular weight is 313 g/mol. The quantitative estimate of drug-likeness (QED) is 0.826. The van der Waals surface area contributed by atoms with Crippen LogP contribution in [0.5, 0.6) is 0 Å². The van der Waals surface area contributed by atoms with Gasteiger partial charge in [0.1, 0.15) is 0 Å². The van der Waals surface area contributed by atoms with Crippen molar-refractivity contribution in [3.63, 3.8) is 0 Å². The molecule has 0 aromatic heterocycles. The van der Waals surface area contributed by atoms with Gasteiger partial charge in [0.15, 0.2) is 0 Å². The zero-order valence-electron chi connectivity index (χ0n) is 12.8. The fourth-order valence-corrected chi connectivity index (χ4v) is 2.56. The molecule has 0 saturated carbocycles. The molecule has 6 nitrogen and oxygen atoms in total. The molecule has 2 atom stereocenters. The lowest BCUT2D eigenvalue weighted by Gasteiger charge is -2.18. The molecule has 21 heavy (non-hydrogen) atoms. The van der Waals surface area contributed by atoms with Gasteiger partial charge in [-0.3, -0.25) is 4.79 Å². The third kappa shape index (κ3) is 4.26. The maximum atomic E-state index is 11.9. The molecule has 0 bridgehead atoms. The van der Waals surface area contributed by atoms with Gasteiger partial charge in [-0.2, -0.15) is 0 Å². The standard InChI is InChI=1S/C14H23N3O3S/c1-5-10(2)13(15)14(18)16-11-6-8-12(9-7-11)21(19,20)17(3)4/h6-10,13H,5,15H2,1-4H3,(H,16,18)/t10-,13-/m0/s1. The first-order chi connectivity index (χ1) is 9.70. The van der Waals surface area contributed by atoms with E-state index in [0.29, 0.717) is 5.69 Å². The lowest BCUT2D eigenvalue weighted by Crippen LogP contribution is -2.40. The van der Waals surface area contributed by atoms with Crippen molar-refractivity contribution in [1.29, 1.82) is 0 Å². The highest BCUT2D eigenvalue weighted by molar-refractivity contribution is 7.89. The van der Waals surface area contributed by atoms with Crippen LogP contribution in [0, 0.1) is 5.92 Å². The average Bonchev–Trinajstić information content (AvgIpc) is 2.45. The SMILES string of the molecule is CC[C@H](C)[C@H](N)C(=O)Nc1ccc(S(=O)(=O)N(C)C)cc1. The number of anilines is 1. The van der Waals surface area contributed by atoms with Crippen LogP contribution in [0.25, 0.3) is 0 Å². The Morgan fingerprint density at radius 3 is 2.24 bits per heavy atom. The summed E-state index contributed by atoms with van der Waals surface area (Å²) in [5.41, 5.74) is 6.37. The summed E-state index contributed by atoms with van der Waals surface area (Å²) in [6, 6.07) is 5.44. The van der Waals surface area contributed by atoms with Gasteiger partial charge >= 0.3 is 0 Å². The van der Waals surface area contributed by atoms with E-state index in [4.69, 9.17) is 5.73 Å². The van der Waals surface area contributed by atoms with E-state index in [2.05, 4.69) is 5.32 Å². The van der Waals surface area contributed by atoms with Gasteiger partial charge in [0.2, 0.25) is 15.9 Å². The van der Waals surface area contributed by atoms with Crippen molar-refractivity contribution in [3.05, 3.63) is 24.3 Å². The molecule has 0 heterocycles. The van der Waals surface area contributed by atoms with Crippen molar-refractivity contribution in [2.24, 2.45) is 11.7 Å². The first-order valence-corrected chi connectivity index (χ1v) is 8.23. The molecule has 0 radical (unpaired) electrons. The zero-order chi connectivity index (χ0) is 16.2. The van der Waals surface area contributed by atoms with E-state index in [0.717, 1.165) is 10.7 Å². The van der Waals surface area contributed by atoms with Crippen LogP contribution in [0.3, 0.4) is 0 Å². The minimum absolute atomic E-state index is 0.0818. The number of sulfonamides is 1. The van der Waals surface area contributed by atoms with E-state index in [1.54, 1.807) is 12.1 Å². The molecule has 1 rings (SSSR count). The van der Waals surface area contributed by atoms with Crippen LogP contribution in [0.4, 0.5) is 5.69 Å². The van der Waals surface area contributed by atoms with Gasteiger partial charge in [-0.05, 0) is 30.2 Å². The first kappa shape index (κ1) is 17.6. The lowest BCUT2D eigenvalue weighted by atomic mass is 9.99. The number of carbonyl (C=O) groups is 1. The normalized spacial score (nSPS) is 14.8. The van der Waals surface area contributed by atoms with Crippen LogP contribution in [-0.4, -0.2) is 38.8 Å². The summed E-state index contributed by atoms with van der Waals surface area (Å²) < 4.78 is 25.0. The van der Waals surface area contributed by atoms with E-state index >= 15 is 0 Å². The molecule has 0 aliphatic carbocycles. The second-order valence-corrected chi connectivity index (χ2v) is 7.36. The molecule has 0 spiro atoms. The molecule has 0 saturated heterocycles. The van der Waals surface area contributed by atoms with Crippen LogP contribution in [-0.2, 0) is 14.8 Å². The van der Waals surface area contributed by atoms with Crippen LogP contribution in [0.15, 0.2) is 29.2 Å². The van der Waals surface area contributed by atoms with E-state index < -0.39 is 16.1 Å². The number of nitrogens with zero attached hydrogens (tertiary/aromatic N) is 1. The van der Waals surface area contributed by atoms with Gasteiger partial charge in [-0.15, -0.1) is 0 Å². The zero-order valence-corrected chi connectivity index (χ0v) is 13.6. The van der Waals surface area contributed by atoms with Gasteiger partial charge in [0.05, 0.1) is 10.9 Å². The number of amides is 1. The Kier molecular flexibility index (Phi) is 5.88. The maximum Gasteiger partial charge on any atom is 0.242 e. The topological polar surface area (TPSA) is 92.5 Å². The molecule has 0 aliphatic heterocycles. The number of rotatable bonds is 6. The summed E-state index contributed by atoms with van der Waals surface area (Å²) in [5, 5.41) is 2.69. The highest BCUT2D eigenvalue weighted by atomic mass is 32.2. The molecule has 0 unspecified atom stereocenters. The predicted octanol–water partition coefficient (Wildman–Crippen LogP) is 1.25. The summed E-state index contributed by atoms with van der Waals surface area (Å²) in [5.74, 6) is -0.189. The minimum atomic E-state index is -3.46. The highest BCUT2D eigenvalue weighted by Crippen LogP contribution is 2.17. The fourth-order valence-electron chi connectivity index (χ4n) is 1.66. The second-order valence-electron chi connectivity index (χ2n) is 5.21. The molecule has 118 valence electrons. The Hall–Kier alpha value is -1.44. The van der Waals surface area contributed by atoms with Crippen molar-refractivity contribution in [2.75, 3.05) is 19.4 Å². The third-order valence-electron chi connectivity index (χ3n) is 3.46. The summed E-state index contributed by atoms with van der Waals surface area (Å²) >= 11 is 0. The minimum Gasteiger partial charge on any atom is -0.325 e. The molecule has 0 fully saturated rings. The summed E-state index contributed by atoms with van der Waals surface area (Å²) in [6.07, 6.45) is 0.814. The summed E-state index contributed by atoms with van der Waals surface area (Å²) in [6.45, 7) is 3.88. The van der Waals surface area contributed by atoms with Crippen LogP contribution >= 0.6 is 0 Å². The summed E-state index contributed by atoms with van der Waals surface area (Å²) in [7, 11) is -0.523. The largest absolute Gasteiger partial charge is 0.325 e. The molecular weight excluding hydrogens is 290 g/mol. The van der Waals surface area contributed by atoms with E-state index in [1.165, 1.54) is 26.2 Å². The first-order valence-electron chi connectivity index (χ1n) is 6.79. The van der Waals surface area contributed by atoms with Crippen molar-refractivity contribution in [3.8, 4) is 0 Å². The van der Waals surface area contributed by atoms with Crippen molar-refractivity contribution < 1.29 is 13.2 Å². The van der Waals surface area contributed by atoms with Gasteiger partial charge in [0.25, 0.3) is 0 Å². The monoisotopic (exact) mass is 313 g/mol. The number of carbonyl (C=O) groups excluding carboxylic acids is 1. The lowest BCUT2D eigenvalue weighted by molar-refractivity contribution is -0.118. The molecule has 1 aromatic rings. The van der Waals surface area contributed by atoms with Crippen LogP contribution in [0.2, 0.25) is 0 Å². The Morgan fingerprint density at radius 1 is 1.29 bits per heavy atom. The highest BCUT2D eigenvalue weighted by Gasteiger charge is 2.20. The Balaban J connectivity index is 2.83.